The number of likely N-dealkylation sites (N-methyl/N-ethyl adjacent to an activating group) is 1. The average Bonchev–Trinajstić information content (AvgIpc) is 2.47. The lowest BCUT2D eigenvalue weighted by Gasteiger charge is -2.32. The molecule has 1 aromatic heterocycles. The number of fused-ring (bicyclic) bond motifs is 1. The second-order valence-electron chi connectivity index (χ2n) is 5.40. The first-order valence-corrected chi connectivity index (χ1v) is 7.25. The van der Waals surface area contributed by atoms with Crippen LogP contribution in [0.1, 0.15) is 35.8 Å². The molecule has 2 aliphatic rings. The number of ketones is 1. The van der Waals surface area contributed by atoms with Gasteiger partial charge in [0.1, 0.15) is 0 Å². The molecule has 3 rings (SSSR count). The van der Waals surface area contributed by atoms with Crippen molar-refractivity contribution < 1.29 is 9.69 Å². The number of nitrogens with zero attached hydrogens (tertiary/aromatic N) is 3. The number of Topliss-reactive ketones (excluding diaryl/α,β-unsaturated/α-hetero) is 1. The molecule has 0 spiro atoms. The van der Waals surface area contributed by atoms with Gasteiger partial charge in [-0.3, -0.25) is 4.79 Å². The van der Waals surface area contributed by atoms with Crippen LogP contribution < -0.4 is 9.80 Å². The second-order valence-corrected chi connectivity index (χ2v) is 5.40. The Morgan fingerprint density at radius 1 is 1.32 bits per heavy atom. The molecule has 1 fully saturated rings. The summed E-state index contributed by atoms with van der Waals surface area (Å²) < 4.78 is 0. The SMILES string of the molecule is CC[NH+]1CCN(c2ncc3c(n2)CCCC3=O)CC1. The third-order valence-electron chi connectivity index (χ3n) is 4.23. The van der Waals surface area contributed by atoms with Gasteiger partial charge in [0.25, 0.3) is 0 Å². The molecule has 1 aliphatic carbocycles. The van der Waals surface area contributed by atoms with Crippen molar-refractivity contribution in [3.63, 3.8) is 0 Å². The maximum atomic E-state index is 11.8. The van der Waals surface area contributed by atoms with Crippen LogP contribution in [-0.4, -0.2) is 48.5 Å². The molecule has 2 heterocycles. The number of carbonyl (C=O) groups excluding carboxylic acids is 1. The van der Waals surface area contributed by atoms with Crippen molar-refractivity contribution in [1.29, 1.82) is 0 Å². The van der Waals surface area contributed by atoms with Crippen LogP contribution >= 0.6 is 0 Å². The molecule has 102 valence electrons. The molecular weight excluding hydrogens is 240 g/mol. The van der Waals surface area contributed by atoms with Gasteiger partial charge in [-0.25, -0.2) is 9.97 Å². The number of nitrogens with one attached hydrogen (secondary N) is 1. The Bertz CT molecular complexity index is 480. The lowest BCUT2D eigenvalue weighted by molar-refractivity contribution is -0.898. The van der Waals surface area contributed by atoms with E-state index in [0.29, 0.717) is 6.42 Å². The van der Waals surface area contributed by atoms with E-state index in [-0.39, 0.29) is 5.78 Å². The van der Waals surface area contributed by atoms with Crippen molar-refractivity contribution in [2.45, 2.75) is 26.2 Å². The van der Waals surface area contributed by atoms with Crippen LogP contribution in [-0.2, 0) is 6.42 Å². The molecule has 0 saturated carbocycles. The molecular formula is C14H21N4O+. The Hall–Kier alpha value is -1.49. The van der Waals surface area contributed by atoms with Crippen molar-refractivity contribution >= 4 is 11.7 Å². The Labute approximate surface area is 113 Å². The van der Waals surface area contributed by atoms with Crippen molar-refractivity contribution in [2.24, 2.45) is 0 Å². The quantitative estimate of drug-likeness (QED) is 0.795. The van der Waals surface area contributed by atoms with Crippen LogP contribution in [0.3, 0.4) is 0 Å². The Balaban J connectivity index is 1.77. The third-order valence-corrected chi connectivity index (χ3v) is 4.23. The molecule has 0 bridgehead atoms. The molecule has 0 atom stereocenters. The van der Waals surface area contributed by atoms with Crippen LogP contribution in [0.5, 0.6) is 0 Å². The minimum atomic E-state index is 0.202. The summed E-state index contributed by atoms with van der Waals surface area (Å²) in [6.45, 7) is 7.73. The van der Waals surface area contributed by atoms with Crippen molar-refractivity contribution in [2.75, 3.05) is 37.6 Å². The number of piperazine rings is 1. The van der Waals surface area contributed by atoms with Crippen molar-refractivity contribution in [1.82, 2.24) is 9.97 Å². The van der Waals surface area contributed by atoms with Gasteiger partial charge < -0.3 is 9.80 Å². The van der Waals surface area contributed by atoms with E-state index >= 15 is 0 Å². The minimum absolute atomic E-state index is 0.202. The number of aromatic nitrogens is 2. The molecule has 5 nitrogen and oxygen atoms in total. The predicted molar refractivity (Wildman–Crippen MR) is 72.8 cm³/mol. The van der Waals surface area contributed by atoms with E-state index in [4.69, 9.17) is 0 Å². The van der Waals surface area contributed by atoms with Gasteiger partial charge in [-0.15, -0.1) is 0 Å². The summed E-state index contributed by atoms with van der Waals surface area (Å²) in [5.41, 5.74) is 1.69. The highest BCUT2D eigenvalue weighted by molar-refractivity contribution is 5.97. The van der Waals surface area contributed by atoms with E-state index < -0.39 is 0 Å². The summed E-state index contributed by atoms with van der Waals surface area (Å²) in [4.78, 5) is 24.7. The van der Waals surface area contributed by atoms with Gasteiger partial charge >= 0.3 is 0 Å². The standard InChI is InChI=1S/C14H20N4O/c1-2-17-6-8-18(9-7-17)14-15-10-11-12(16-14)4-3-5-13(11)19/h10H,2-9H2,1H3/p+1. The summed E-state index contributed by atoms with van der Waals surface area (Å²) in [7, 11) is 0. The normalized spacial score (nSPS) is 20.5. The summed E-state index contributed by atoms with van der Waals surface area (Å²) in [6, 6.07) is 0. The number of hydrogen-bond acceptors (Lipinski definition) is 4. The Kier molecular flexibility index (Phi) is 3.46. The zero-order chi connectivity index (χ0) is 13.2. The fraction of sp³-hybridized carbons (Fsp3) is 0.643. The van der Waals surface area contributed by atoms with E-state index in [2.05, 4.69) is 21.8 Å². The molecule has 1 aromatic rings. The topological polar surface area (TPSA) is 50.5 Å². The molecule has 0 unspecified atom stereocenters. The van der Waals surface area contributed by atoms with E-state index in [9.17, 15) is 4.79 Å². The van der Waals surface area contributed by atoms with Crippen LogP contribution in [0.2, 0.25) is 0 Å². The first-order chi connectivity index (χ1) is 9.28. The van der Waals surface area contributed by atoms with E-state index in [0.717, 1.165) is 56.2 Å². The van der Waals surface area contributed by atoms with Gasteiger partial charge in [-0.05, 0) is 19.8 Å². The molecule has 0 amide bonds. The average molecular weight is 261 g/mol. The lowest BCUT2D eigenvalue weighted by atomic mass is 9.96. The van der Waals surface area contributed by atoms with Gasteiger partial charge in [0.15, 0.2) is 5.78 Å². The molecule has 1 aliphatic heterocycles. The summed E-state index contributed by atoms with van der Waals surface area (Å²) >= 11 is 0. The summed E-state index contributed by atoms with van der Waals surface area (Å²) in [5.74, 6) is 1.01. The highest BCUT2D eigenvalue weighted by Crippen LogP contribution is 2.20. The maximum absolute atomic E-state index is 11.8. The van der Waals surface area contributed by atoms with Crippen LogP contribution in [0.25, 0.3) is 0 Å². The van der Waals surface area contributed by atoms with Crippen LogP contribution in [0.4, 0.5) is 5.95 Å². The van der Waals surface area contributed by atoms with Gasteiger partial charge in [0, 0.05) is 12.6 Å². The molecule has 19 heavy (non-hydrogen) atoms. The minimum Gasteiger partial charge on any atom is -0.332 e. The first kappa shape index (κ1) is 12.5. The second kappa shape index (κ2) is 5.25. The summed E-state index contributed by atoms with van der Waals surface area (Å²) in [5, 5.41) is 0. The van der Waals surface area contributed by atoms with Gasteiger partial charge in [-0.1, -0.05) is 0 Å². The van der Waals surface area contributed by atoms with E-state index in [1.165, 1.54) is 6.54 Å². The third kappa shape index (κ3) is 2.47. The van der Waals surface area contributed by atoms with E-state index in [1.54, 1.807) is 11.1 Å². The number of anilines is 1. The Morgan fingerprint density at radius 2 is 2.11 bits per heavy atom. The molecule has 1 saturated heterocycles. The fourth-order valence-electron chi connectivity index (χ4n) is 2.91. The monoisotopic (exact) mass is 261 g/mol. The zero-order valence-corrected chi connectivity index (χ0v) is 11.5. The van der Waals surface area contributed by atoms with Crippen molar-refractivity contribution in [3.05, 3.63) is 17.5 Å². The largest absolute Gasteiger partial charge is 0.332 e. The van der Waals surface area contributed by atoms with Crippen LogP contribution in [0.15, 0.2) is 6.20 Å². The van der Waals surface area contributed by atoms with Gasteiger partial charge in [0.05, 0.1) is 44.0 Å². The molecule has 1 N–H and O–H groups in total. The number of rotatable bonds is 2. The fourth-order valence-corrected chi connectivity index (χ4v) is 2.91. The highest BCUT2D eigenvalue weighted by atomic mass is 16.1. The summed E-state index contributed by atoms with van der Waals surface area (Å²) in [6.07, 6.45) is 4.22. The smallest absolute Gasteiger partial charge is 0.225 e. The zero-order valence-electron chi connectivity index (χ0n) is 11.5. The van der Waals surface area contributed by atoms with E-state index in [1.807, 2.05) is 0 Å². The highest BCUT2D eigenvalue weighted by Gasteiger charge is 2.24. The number of aryl methyl sites for hydroxylation is 1. The predicted octanol–water partition coefficient (Wildman–Crippen LogP) is -0.280. The maximum Gasteiger partial charge on any atom is 0.225 e. The first-order valence-electron chi connectivity index (χ1n) is 7.25. The molecule has 0 aromatic carbocycles. The van der Waals surface area contributed by atoms with Gasteiger partial charge in [-0.2, -0.15) is 0 Å². The lowest BCUT2D eigenvalue weighted by Crippen LogP contribution is -3.14. The molecule has 5 heteroatoms. The number of quaternary nitrogens is 1. The molecule has 0 radical (unpaired) electrons. The Morgan fingerprint density at radius 3 is 2.84 bits per heavy atom. The number of hydrogen-bond donors (Lipinski definition) is 1. The van der Waals surface area contributed by atoms with Gasteiger partial charge in [0.2, 0.25) is 5.95 Å². The van der Waals surface area contributed by atoms with Crippen LogP contribution in [0, 0.1) is 0 Å². The van der Waals surface area contributed by atoms with Crippen molar-refractivity contribution in [3.8, 4) is 0 Å². The number of carbonyl (C=O) groups is 1.